The van der Waals surface area contributed by atoms with E-state index in [0.717, 1.165) is 5.76 Å². The van der Waals surface area contributed by atoms with Gasteiger partial charge in [0.15, 0.2) is 0 Å². The van der Waals surface area contributed by atoms with E-state index in [9.17, 15) is 4.79 Å². The Bertz CT molecular complexity index is 579. The number of rotatable bonds is 8. The van der Waals surface area contributed by atoms with Gasteiger partial charge in [-0.1, -0.05) is 26.0 Å². The summed E-state index contributed by atoms with van der Waals surface area (Å²) in [6.07, 6.45) is 1.61. The van der Waals surface area contributed by atoms with Gasteiger partial charge >= 0.3 is 0 Å². The van der Waals surface area contributed by atoms with Crippen molar-refractivity contribution in [2.45, 2.75) is 20.4 Å². The molecule has 0 aliphatic carbocycles. The van der Waals surface area contributed by atoms with Crippen molar-refractivity contribution in [1.82, 2.24) is 5.32 Å². The third-order valence-electron chi connectivity index (χ3n) is 2.90. The van der Waals surface area contributed by atoms with Gasteiger partial charge in [0.2, 0.25) is 5.91 Å². The van der Waals surface area contributed by atoms with Crippen LogP contribution in [0.5, 0.6) is 5.75 Å². The maximum atomic E-state index is 12.0. The van der Waals surface area contributed by atoms with Crippen LogP contribution in [0.15, 0.2) is 47.1 Å². The predicted molar refractivity (Wildman–Crippen MR) is 85.8 cm³/mol. The summed E-state index contributed by atoms with van der Waals surface area (Å²) in [7, 11) is 0. The molecule has 0 unspecified atom stereocenters. The Kier molecular flexibility index (Phi) is 6.03. The van der Waals surface area contributed by atoms with E-state index in [4.69, 9.17) is 9.15 Å². The van der Waals surface area contributed by atoms with Gasteiger partial charge in [0.1, 0.15) is 11.5 Å². The Balaban J connectivity index is 1.82. The van der Waals surface area contributed by atoms with E-state index in [2.05, 4.69) is 24.5 Å². The first-order valence-electron chi connectivity index (χ1n) is 7.40. The highest BCUT2D eigenvalue weighted by Gasteiger charge is 2.08. The summed E-state index contributed by atoms with van der Waals surface area (Å²) in [6.45, 7) is 5.51. The molecule has 0 fully saturated rings. The third-order valence-corrected chi connectivity index (χ3v) is 2.90. The fraction of sp³-hybridized carbons (Fsp3) is 0.353. The number of hydrogen-bond acceptors (Lipinski definition) is 4. The van der Waals surface area contributed by atoms with Crippen LogP contribution in [0.4, 0.5) is 5.69 Å². The van der Waals surface area contributed by atoms with Gasteiger partial charge in [-0.15, -0.1) is 0 Å². The quantitative estimate of drug-likeness (QED) is 0.786. The highest BCUT2D eigenvalue weighted by Crippen LogP contribution is 2.24. The molecule has 5 heteroatoms. The van der Waals surface area contributed by atoms with Crippen LogP contribution >= 0.6 is 0 Å². The van der Waals surface area contributed by atoms with Gasteiger partial charge in [0.25, 0.3) is 0 Å². The van der Waals surface area contributed by atoms with Gasteiger partial charge in [-0.3, -0.25) is 4.79 Å². The number of ether oxygens (including phenoxy) is 1. The molecule has 2 aromatic rings. The highest BCUT2D eigenvalue weighted by atomic mass is 16.5. The Labute approximate surface area is 130 Å². The minimum atomic E-state index is -0.118. The van der Waals surface area contributed by atoms with E-state index < -0.39 is 0 Å². The van der Waals surface area contributed by atoms with Crippen molar-refractivity contribution < 1.29 is 13.9 Å². The van der Waals surface area contributed by atoms with Crippen molar-refractivity contribution in [2.75, 3.05) is 18.5 Å². The standard InChI is InChI=1S/C17H22N2O3/c1-13(2)12-22-16-8-4-3-7-15(16)19-17(20)11-18-10-14-6-5-9-21-14/h3-9,13,18H,10-12H2,1-2H3,(H,19,20). The van der Waals surface area contributed by atoms with E-state index in [1.165, 1.54) is 0 Å². The average molecular weight is 302 g/mol. The highest BCUT2D eigenvalue weighted by molar-refractivity contribution is 5.93. The first-order chi connectivity index (χ1) is 10.6. The fourth-order valence-electron chi connectivity index (χ4n) is 1.86. The minimum absolute atomic E-state index is 0.118. The second-order valence-electron chi connectivity index (χ2n) is 5.43. The smallest absolute Gasteiger partial charge is 0.238 e. The molecule has 1 heterocycles. The van der Waals surface area contributed by atoms with Crippen LogP contribution in [-0.4, -0.2) is 19.1 Å². The van der Waals surface area contributed by atoms with Gasteiger partial charge < -0.3 is 19.8 Å². The van der Waals surface area contributed by atoms with E-state index in [1.54, 1.807) is 6.26 Å². The summed E-state index contributed by atoms with van der Waals surface area (Å²) in [6, 6.07) is 11.1. The van der Waals surface area contributed by atoms with Crippen LogP contribution < -0.4 is 15.4 Å². The maximum Gasteiger partial charge on any atom is 0.238 e. The molecule has 0 spiro atoms. The minimum Gasteiger partial charge on any atom is -0.491 e. The second-order valence-corrected chi connectivity index (χ2v) is 5.43. The molecule has 0 bridgehead atoms. The van der Waals surface area contributed by atoms with E-state index in [0.29, 0.717) is 30.5 Å². The molecule has 1 amide bonds. The Hall–Kier alpha value is -2.27. The number of hydrogen-bond donors (Lipinski definition) is 2. The number of benzene rings is 1. The number of amides is 1. The van der Waals surface area contributed by atoms with Crippen molar-refractivity contribution in [2.24, 2.45) is 5.92 Å². The molecule has 1 aromatic heterocycles. The first kappa shape index (κ1) is 16.1. The zero-order valence-electron chi connectivity index (χ0n) is 13.0. The topological polar surface area (TPSA) is 63.5 Å². The zero-order chi connectivity index (χ0) is 15.8. The van der Waals surface area contributed by atoms with Crippen molar-refractivity contribution in [3.05, 3.63) is 48.4 Å². The van der Waals surface area contributed by atoms with Crippen LogP contribution in [0, 0.1) is 5.92 Å². The fourth-order valence-corrected chi connectivity index (χ4v) is 1.86. The Morgan fingerprint density at radius 1 is 1.23 bits per heavy atom. The Morgan fingerprint density at radius 3 is 2.77 bits per heavy atom. The van der Waals surface area contributed by atoms with Crippen molar-refractivity contribution >= 4 is 11.6 Å². The lowest BCUT2D eigenvalue weighted by atomic mass is 10.2. The molecule has 118 valence electrons. The lowest BCUT2D eigenvalue weighted by molar-refractivity contribution is -0.115. The average Bonchev–Trinajstić information content (AvgIpc) is 2.99. The molecule has 0 atom stereocenters. The molecular weight excluding hydrogens is 280 g/mol. The van der Waals surface area contributed by atoms with Gasteiger partial charge in [-0.25, -0.2) is 0 Å². The molecule has 0 radical (unpaired) electrons. The molecular formula is C17H22N2O3. The number of nitrogens with one attached hydrogen (secondary N) is 2. The SMILES string of the molecule is CC(C)COc1ccccc1NC(=O)CNCc1ccco1. The van der Waals surface area contributed by atoms with E-state index in [-0.39, 0.29) is 12.5 Å². The van der Waals surface area contributed by atoms with E-state index >= 15 is 0 Å². The molecule has 0 aliphatic rings. The molecule has 5 nitrogen and oxygen atoms in total. The summed E-state index contributed by atoms with van der Waals surface area (Å²) in [4.78, 5) is 12.0. The molecule has 0 aliphatic heterocycles. The molecule has 22 heavy (non-hydrogen) atoms. The summed E-state index contributed by atoms with van der Waals surface area (Å²) < 4.78 is 10.9. The summed E-state index contributed by atoms with van der Waals surface area (Å²) in [5.41, 5.74) is 0.688. The largest absolute Gasteiger partial charge is 0.491 e. The molecule has 0 saturated heterocycles. The maximum absolute atomic E-state index is 12.0. The normalized spacial score (nSPS) is 10.7. The molecule has 2 rings (SSSR count). The summed E-state index contributed by atoms with van der Waals surface area (Å²) in [5, 5.41) is 5.89. The third kappa shape index (κ3) is 5.26. The van der Waals surface area contributed by atoms with Crippen LogP contribution in [0.2, 0.25) is 0 Å². The lowest BCUT2D eigenvalue weighted by Crippen LogP contribution is -2.27. The van der Waals surface area contributed by atoms with Crippen LogP contribution in [0.3, 0.4) is 0 Å². The van der Waals surface area contributed by atoms with Crippen LogP contribution in [0.1, 0.15) is 19.6 Å². The lowest BCUT2D eigenvalue weighted by Gasteiger charge is -2.14. The van der Waals surface area contributed by atoms with Crippen LogP contribution in [-0.2, 0) is 11.3 Å². The number of carbonyl (C=O) groups excluding carboxylic acids is 1. The Morgan fingerprint density at radius 2 is 2.05 bits per heavy atom. The van der Waals surface area contributed by atoms with Gasteiger partial charge in [-0.05, 0) is 30.2 Å². The summed E-state index contributed by atoms with van der Waals surface area (Å²) in [5.74, 6) is 1.80. The van der Waals surface area contributed by atoms with Gasteiger partial charge in [-0.2, -0.15) is 0 Å². The molecule has 2 N–H and O–H groups in total. The predicted octanol–water partition coefficient (Wildman–Crippen LogP) is 3.04. The van der Waals surface area contributed by atoms with E-state index in [1.807, 2.05) is 36.4 Å². The summed E-state index contributed by atoms with van der Waals surface area (Å²) >= 11 is 0. The van der Waals surface area contributed by atoms with Crippen molar-refractivity contribution in [3.63, 3.8) is 0 Å². The van der Waals surface area contributed by atoms with Crippen molar-refractivity contribution in [1.29, 1.82) is 0 Å². The number of furan rings is 1. The zero-order valence-corrected chi connectivity index (χ0v) is 13.0. The second kappa shape index (κ2) is 8.24. The first-order valence-corrected chi connectivity index (χ1v) is 7.40. The number of anilines is 1. The van der Waals surface area contributed by atoms with Gasteiger partial charge in [0, 0.05) is 0 Å². The molecule has 1 aromatic carbocycles. The van der Waals surface area contributed by atoms with Crippen LogP contribution in [0.25, 0.3) is 0 Å². The van der Waals surface area contributed by atoms with Gasteiger partial charge in [0.05, 0.1) is 31.6 Å². The number of para-hydroxylation sites is 2. The number of carbonyl (C=O) groups is 1. The molecule has 0 saturated carbocycles. The monoisotopic (exact) mass is 302 g/mol. The van der Waals surface area contributed by atoms with Crippen molar-refractivity contribution in [3.8, 4) is 5.75 Å².